The molecule has 0 bridgehead atoms. The number of hydrogen-bond donors (Lipinski definition) is 2. The molecule has 1 aromatic rings. The molecule has 0 aromatic heterocycles. The predicted octanol–water partition coefficient (Wildman–Crippen LogP) is 2.57. The fraction of sp³-hybridized carbons (Fsp3) is 0.500. The van der Waals surface area contributed by atoms with Crippen LogP contribution in [-0.4, -0.2) is 42.5 Å². The minimum absolute atomic E-state index is 0. The molecule has 25 heavy (non-hydrogen) atoms. The average Bonchev–Trinajstić information content (AvgIpc) is 3.06. The van der Waals surface area contributed by atoms with E-state index >= 15 is 0 Å². The normalized spacial score (nSPS) is 16.9. The van der Waals surface area contributed by atoms with E-state index in [9.17, 15) is 22.8 Å². The van der Waals surface area contributed by atoms with Crippen molar-refractivity contribution in [1.82, 2.24) is 10.2 Å². The molecule has 1 aromatic carbocycles. The van der Waals surface area contributed by atoms with Crippen LogP contribution >= 0.6 is 12.4 Å². The number of carbonyl (C=O) groups is 2. The number of benzene rings is 1. The van der Waals surface area contributed by atoms with Gasteiger partial charge < -0.3 is 15.5 Å². The Morgan fingerprint density at radius 1 is 1.36 bits per heavy atom. The molecule has 2 rings (SSSR count). The average molecular weight is 380 g/mol. The summed E-state index contributed by atoms with van der Waals surface area (Å²) < 4.78 is 37.7. The van der Waals surface area contributed by atoms with Gasteiger partial charge in [0.05, 0.1) is 5.92 Å². The molecule has 1 heterocycles. The van der Waals surface area contributed by atoms with E-state index in [1.54, 1.807) is 24.3 Å². The fourth-order valence-electron chi connectivity index (χ4n) is 2.60. The number of hydrogen-bond acceptors (Lipinski definition) is 3. The largest absolute Gasteiger partial charge is 0.471 e. The lowest BCUT2D eigenvalue weighted by atomic mass is 10.1. The molecule has 1 aliphatic rings. The quantitative estimate of drug-likeness (QED) is 0.826. The van der Waals surface area contributed by atoms with E-state index in [-0.39, 0.29) is 37.3 Å². The molecule has 5 nitrogen and oxygen atoms in total. The van der Waals surface area contributed by atoms with E-state index in [0.29, 0.717) is 17.8 Å². The summed E-state index contributed by atoms with van der Waals surface area (Å²) in [6.45, 7) is 2.69. The van der Waals surface area contributed by atoms with Gasteiger partial charge in [-0.3, -0.25) is 9.59 Å². The highest BCUT2D eigenvalue weighted by Gasteiger charge is 2.41. The van der Waals surface area contributed by atoms with Crippen molar-refractivity contribution >= 4 is 29.9 Å². The van der Waals surface area contributed by atoms with Crippen molar-refractivity contribution in [3.05, 3.63) is 29.8 Å². The lowest BCUT2D eigenvalue weighted by Crippen LogP contribution is -2.40. The molecule has 0 spiro atoms. The van der Waals surface area contributed by atoms with Crippen LogP contribution in [0.1, 0.15) is 18.9 Å². The number of nitrogens with zero attached hydrogens (tertiary/aromatic N) is 1. The van der Waals surface area contributed by atoms with Gasteiger partial charge in [-0.05, 0) is 37.6 Å². The summed E-state index contributed by atoms with van der Waals surface area (Å²) in [5, 5.41) is 5.87. The molecule has 1 unspecified atom stereocenters. The first-order valence-corrected chi connectivity index (χ1v) is 7.78. The van der Waals surface area contributed by atoms with Gasteiger partial charge in [-0.25, -0.2) is 0 Å². The molecular formula is C16H21ClF3N3O2. The molecule has 140 valence electrons. The van der Waals surface area contributed by atoms with Crippen molar-refractivity contribution in [1.29, 1.82) is 0 Å². The van der Waals surface area contributed by atoms with Gasteiger partial charge in [0.2, 0.25) is 5.91 Å². The van der Waals surface area contributed by atoms with E-state index in [1.165, 1.54) is 6.92 Å². The van der Waals surface area contributed by atoms with Crippen LogP contribution in [0.4, 0.5) is 18.9 Å². The van der Waals surface area contributed by atoms with Crippen molar-refractivity contribution < 1.29 is 22.8 Å². The van der Waals surface area contributed by atoms with Crippen LogP contribution in [-0.2, 0) is 16.1 Å². The highest BCUT2D eigenvalue weighted by molar-refractivity contribution is 5.93. The summed E-state index contributed by atoms with van der Waals surface area (Å²) in [6, 6.07) is 6.53. The Morgan fingerprint density at radius 3 is 2.64 bits per heavy atom. The Kier molecular flexibility index (Phi) is 7.69. The van der Waals surface area contributed by atoms with E-state index in [2.05, 4.69) is 10.6 Å². The van der Waals surface area contributed by atoms with E-state index in [1.807, 2.05) is 0 Å². The molecule has 0 radical (unpaired) electrons. The van der Waals surface area contributed by atoms with Crippen LogP contribution in [0.5, 0.6) is 0 Å². The van der Waals surface area contributed by atoms with Crippen LogP contribution in [0, 0.1) is 5.92 Å². The van der Waals surface area contributed by atoms with Gasteiger partial charge in [-0.2, -0.15) is 13.2 Å². The Bertz CT molecular complexity index is 605. The Hall–Kier alpha value is -1.80. The molecule has 1 saturated heterocycles. The lowest BCUT2D eigenvalue weighted by Gasteiger charge is -2.22. The predicted molar refractivity (Wildman–Crippen MR) is 90.4 cm³/mol. The number of amides is 2. The number of nitrogens with one attached hydrogen (secondary N) is 2. The zero-order valence-corrected chi connectivity index (χ0v) is 14.5. The van der Waals surface area contributed by atoms with Crippen molar-refractivity contribution in [2.75, 3.05) is 25.0 Å². The summed E-state index contributed by atoms with van der Waals surface area (Å²) >= 11 is 0. The smallest absolute Gasteiger partial charge is 0.331 e. The van der Waals surface area contributed by atoms with Crippen LogP contribution < -0.4 is 10.6 Å². The second-order valence-electron chi connectivity index (χ2n) is 5.70. The van der Waals surface area contributed by atoms with Crippen molar-refractivity contribution in [2.45, 2.75) is 26.1 Å². The molecule has 1 fully saturated rings. The summed E-state index contributed by atoms with van der Waals surface area (Å²) in [5.41, 5.74) is 1.04. The molecule has 0 aliphatic carbocycles. The number of halogens is 4. The zero-order valence-electron chi connectivity index (χ0n) is 13.7. The highest BCUT2D eigenvalue weighted by Crippen LogP contribution is 2.21. The van der Waals surface area contributed by atoms with E-state index < -0.39 is 12.1 Å². The molecule has 2 N–H and O–H groups in total. The maximum absolute atomic E-state index is 12.6. The first-order valence-electron chi connectivity index (χ1n) is 7.78. The highest BCUT2D eigenvalue weighted by atomic mass is 35.5. The molecule has 2 amide bonds. The van der Waals surface area contributed by atoms with Crippen LogP contribution in [0.25, 0.3) is 0 Å². The minimum atomic E-state index is -4.89. The number of carbonyl (C=O) groups excluding carboxylic acids is 2. The molecular weight excluding hydrogens is 359 g/mol. The maximum atomic E-state index is 12.6. The fourth-order valence-corrected chi connectivity index (χ4v) is 2.60. The van der Waals surface area contributed by atoms with Gasteiger partial charge >= 0.3 is 12.1 Å². The third-order valence-electron chi connectivity index (χ3n) is 3.91. The number of alkyl halides is 3. The summed E-state index contributed by atoms with van der Waals surface area (Å²) in [4.78, 5) is 24.2. The second kappa shape index (κ2) is 9.05. The summed E-state index contributed by atoms with van der Waals surface area (Å²) in [7, 11) is 0. The topological polar surface area (TPSA) is 61.4 Å². The first-order chi connectivity index (χ1) is 11.3. The van der Waals surface area contributed by atoms with Crippen LogP contribution in [0.2, 0.25) is 0 Å². The zero-order chi connectivity index (χ0) is 17.7. The standard InChI is InChI=1S/C16H20F3N3O2.ClH/c1-2-22(15(24)16(17,18)19)10-11-4-3-5-13(8-11)21-14(23)12-6-7-20-9-12;/h3-5,8,12,20H,2,6-7,9-10H2,1H3,(H,21,23);1H. The van der Waals surface area contributed by atoms with E-state index in [4.69, 9.17) is 0 Å². The maximum Gasteiger partial charge on any atom is 0.471 e. The first kappa shape index (κ1) is 21.2. The van der Waals surface area contributed by atoms with Gasteiger partial charge in [0.1, 0.15) is 0 Å². The molecule has 9 heteroatoms. The van der Waals surface area contributed by atoms with Crippen molar-refractivity contribution in [3.63, 3.8) is 0 Å². The Balaban J connectivity index is 0.00000312. The van der Waals surface area contributed by atoms with Gasteiger partial charge in [-0.1, -0.05) is 12.1 Å². The van der Waals surface area contributed by atoms with Gasteiger partial charge in [0.15, 0.2) is 0 Å². The van der Waals surface area contributed by atoms with Gasteiger partial charge in [0, 0.05) is 25.3 Å². The van der Waals surface area contributed by atoms with E-state index in [0.717, 1.165) is 17.9 Å². The summed E-state index contributed by atoms with van der Waals surface area (Å²) in [6.07, 6.45) is -4.13. The SMILES string of the molecule is CCN(Cc1cccc(NC(=O)C2CCNC2)c1)C(=O)C(F)(F)F.Cl. The van der Waals surface area contributed by atoms with Crippen LogP contribution in [0.15, 0.2) is 24.3 Å². The van der Waals surface area contributed by atoms with Crippen molar-refractivity contribution in [3.8, 4) is 0 Å². The minimum Gasteiger partial charge on any atom is -0.331 e. The van der Waals surface area contributed by atoms with Crippen molar-refractivity contribution in [2.24, 2.45) is 5.92 Å². The number of anilines is 1. The molecule has 0 saturated carbocycles. The van der Waals surface area contributed by atoms with Gasteiger partial charge in [-0.15, -0.1) is 12.4 Å². The third-order valence-corrected chi connectivity index (χ3v) is 3.91. The van der Waals surface area contributed by atoms with Gasteiger partial charge in [0.25, 0.3) is 0 Å². The third kappa shape index (κ3) is 5.89. The molecule has 1 atom stereocenters. The Morgan fingerprint density at radius 2 is 2.08 bits per heavy atom. The molecule has 1 aliphatic heterocycles. The second-order valence-corrected chi connectivity index (χ2v) is 5.70. The van der Waals surface area contributed by atoms with Crippen LogP contribution in [0.3, 0.4) is 0 Å². The Labute approximate surface area is 150 Å². The lowest BCUT2D eigenvalue weighted by molar-refractivity contribution is -0.185. The number of rotatable bonds is 5. The summed E-state index contributed by atoms with van der Waals surface area (Å²) in [5.74, 6) is -2.08. The monoisotopic (exact) mass is 379 g/mol.